The van der Waals surface area contributed by atoms with Gasteiger partial charge in [-0.15, -0.1) is 0 Å². The van der Waals surface area contributed by atoms with Crippen LogP contribution >= 0.6 is 0 Å². The maximum Gasteiger partial charge on any atom is 0.246 e. The molecular formula is C10H17N3O3S. The van der Waals surface area contributed by atoms with Gasteiger partial charge >= 0.3 is 0 Å². The minimum Gasteiger partial charge on any atom is -0.378 e. The molecular weight excluding hydrogens is 242 g/mol. The lowest BCUT2D eigenvalue weighted by atomic mass is 10.2. The largest absolute Gasteiger partial charge is 0.378 e. The Morgan fingerprint density at radius 3 is 2.59 bits per heavy atom. The van der Waals surface area contributed by atoms with Gasteiger partial charge in [0.25, 0.3) is 0 Å². The number of aromatic nitrogens is 2. The van der Waals surface area contributed by atoms with Gasteiger partial charge in [-0.25, -0.2) is 8.42 Å². The van der Waals surface area contributed by atoms with Crippen LogP contribution in [0.4, 0.5) is 0 Å². The van der Waals surface area contributed by atoms with Gasteiger partial charge < -0.3 is 4.74 Å². The van der Waals surface area contributed by atoms with Crippen LogP contribution in [-0.4, -0.2) is 48.3 Å². The molecule has 0 aliphatic carbocycles. The Labute approximate surface area is 101 Å². The number of rotatable bonds is 4. The number of nitrogens with zero attached hydrogens (tertiary/aromatic N) is 3. The molecule has 96 valence electrons. The summed E-state index contributed by atoms with van der Waals surface area (Å²) in [5.74, 6) is 0. The molecule has 0 N–H and O–H groups in total. The smallest absolute Gasteiger partial charge is 0.246 e. The summed E-state index contributed by atoms with van der Waals surface area (Å²) in [6.45, 7) is 5.00. The highest BCUT2D eigenvalue weighted by Gasteiger charge is 2.36. The fraction of sp³-hybridized carbons (Fsp3) is 0.700. The van der Waals surface area contributed by atoms with E-state index in [0.717, 1.165) is 0 Å². The Bertz CT molecular complexity index is 505. The summed E-state index contributed by atoms with van der Waals surface area (Å²) in [4.78, 5) is 0.286. The van der Waals surface area contributed by atoms with Crippen LogP contribution in [0.5, 0.6) is 0 Å². The van der Waals surface area contributed by atoms with E-state index in [-0.39, 0.29) is 10.9 Å². The highest BCUT2D eigenvalue weighted by molar-refractivity contribution is 7.89. The molecule has 0 atom stereocenters. The fourth-order valence-corrected chi connectivity index (χ4v) is 3.66. The number of aryl methyl sites for hydroxylation is 1. The van der Waals surface area contributed by atoms with Gasteiger partial charge in [-0.2, -0.15) is 9.40 Å². The first-order chi connectivity index (χ1) is 7.98. The maximum absolute atomic E-state index is 12.4. The van der Waals surface area contributed by atoms with Gasteiger partial charge in [-0.3, -0.25) is 4.68 Å². The zero-order chi connectivity index (χ0) is 12.6. The number of hydrogen-bond donors (Lipinski definition) is 0. The van der Waals surface area contributed by atoms with E-state index < -0.39 is 10.0 Å². The molecule has 6 nitrogen and oxygen atoms in total. The zero-order valence-electron chi connectivity index (χ0n) is 10.3. The van der Waals surface area contributed by atoms with Crippen molar-refractivity contribution in [3.05, 3.63) is 11.9 Å². The van der Waals surface area contributed by atoms with Crippen LogP contribution in [0, 0.1) is 6.92 Å². The highest BCUT2D eigenvalue weighted by Crippen LogP contribution is 2.23. The van der Waals surface area contributed by atoms with E-state index in [2.05, 4.69) is 5.10 Å². The molecule has 1 aliphatic rings. The van der Waals surface area contributed by atoms with Crippen molar-refractivity contribution in [3.63, 3.8) is 0 Å². The van der Waals surface area contributed by atoms with Gasteiger partial charge in [0, 0.05) is 13.6 Å². The average Bonchev–Trinajstić information content (AvgIpc) is 2.53. The third kappa shape index (κ3) is 1.98. The summed E-state index contributed by atoms with van der Waals surface area (Å²) in [5.41, 5.74) is 0.656. The molecule has 0 saturated carbocycles. The summed E-state index contributed by atoms with van der Waals surface area (Å²) in [7, 11) is -1.72. The summed E-state index contributed by atoms with van der Waals surface area (Å²) < 4.78 is 33.0. The second-order valence-corrected chi connectivity index (χ2v) is 5.98. The molecule has 0 amide bonds. The van der Waals surface area contributed by atoms with Crippen molar-refractivity contribution in [2.75, 3.05) is 19.8 Å². The number of ether oxygens (including phenoxy) is 1. The molecule has 1 aromatic heterocycles. The second kappa shape index (κ2) is 4.40. The maximum atomic E-state index is 12.4. The third-order valence-corrected chi connectivity index (χ3v) is 5.25. The molecule has 0 radical (unpaired) electrons. The van der Waals surface area contributed by atoms with E-state index >= 15 is 0 Å². The minimum atomic E-state index is -3.45. The van der Waals surface area contributed by atoms with Crippen molar-refractivity contribution in [3.8, 4) is 0 Å². The lowest BCUT2D eigenvalue weighted by Crippen LogP contribution is -2.51. The molecule has 0 spiro atoms. The summed E-state index contributed by atoms with van der Waals surface area (Å²) in [6, 6.07) is -0.0374. The van der Waals surface area contributed by atoms with E-state index in [1.807, 2.05) is 6.92 Å². The van der Waals surface area contributed by atoms with Crippen LogP contribution in [0.1, 0.15) is 12.6 Å². The zero-order valence-corrected chi connectivity index (χ0v) is 11.1. The molecule has 0 bridgehead atoms. The van der Waals surface area contributed by atoms with Crippen molar-refractivity contribution < 1.29 is 13.2 Å². The normalized spacial score (nSPS) is 17.4. The Hall–Kier alpha value is -0.920. The van der Waals surface area contributed by atoms with Crippen molar-refractivity contribution in [2.24, 2.45) is 7.05 Å². The molecule has 0 aromatic carbocycles. The van der Waals surface area contributed by atoms with Crippen molar-refractivity contribution in [1.82, 2.24) is 14.1 Å². The van der Waals surface area contributed by atoms with Gasteiger partial charge in [0.15, 0.2) is 0 Å². The van der Waals surface area contributed by atoms with Crippen LogP contribution in [0.25, 0.3) is 0 Å². The molecule has 0 unspecified atom stereocenters. The predicted octanol–water partition coefficient (Wildman–Crippen LogP) is 0.138. The highest BCUT2D eigenvalue weighted by atomic mass is 32.2. The first-order valence-corrected chi connectivity index (χ1v) is 7.00. The minimum absolute atomic E-state index is 0.0374. The van der Waals surface area contributed by atoms with E-state index in [4.69, 9.17) is 4.74 Å². The second-order valence-electron chi connectivity index (χ2n) is 4.12. The van der Waals surface area contributed by atoms with Crippen LogP contribution in [0.3, 0.4) is 0 Å². The molecule has 1 saturated heterocycles. The van der Waals surface area contributed by atoms with Gasteiger partial charge in [0.05, 0.1) is 31.1 Å². The molecule has 17 heavy (non-hydrogen) atoms. The molecule has 1 fully saturated rings. The molecule has 2 heterocycles. The number of hydrogen-bond acceptors (Lipinski definition) is 4. The average molecular weight is 259 g/mol. The summed E-state index contributed by atoms with van der Waals surface area (Å²) in [6.07, 6.45) is 1.41. The van der Waals surface area contributed by atoms with E-state index in [9.17, 15) is 8.42 Å². The van der Waals surface area contributed by atoms with E-state index in [1.165, 1.54) is 10.5 Å². The Morgan fingerprint density at radius 2 is 2.24 bits per heavy atom. The van der Waals surface area contributed by atoms with Gasteiger partial charge in [0.1, 0.15) is 4.90 Å². The standard InChI is InChI=1S/C10H17N3O3S/c1-4-13(9-6-16-7-9)17(14,15)10-5-11-12(3)8(10)2/h5,9H,4,6-7H2,1-3H3. The number of sulfonamides is 1. The van der Waals surface area contributed by atoms with Crippen molar-refractivity contribution in [2.45, 2.75) is 24.8 Å². The third-order valence-electron chi connectivity index (χ3n) is 3.12. The Morgan fingerprint density at radius 1 is 1.59 bits per heavy atom. The SMILES string of the molecule is CCN(C1COC1)S(=O)(=O)c1cnn(C)c1C. The van der Waals surface area contributed by atoms with Gasteiger partial charge in [-0.1, -0.05) is 6.92 Å². The van der Waals surface area contributed by atoms with Crippen LogP contribution < -0.4 is 0 Å². The summed E-state index contributed by atoms with van der Waals surface area (Å²) >= 11 is 0. The molecule has 1 aliphatic heterocycles. The first kappa shape index (κ1) is 12.5. The Balaban J connectivity index is 2.37. The van der Waals surface area contributed by atoms with E-state index in [0.29, 0.717) is 25.5 Å². The van der Waals surface area contributed by atoms with E-state index in [1.54, 1.807) is 18.7 Å². The van der Waals surface area contributed by atoms with Crippen molar-refractivity contribution in [1.29, 1.82) is 0 Å². The number of likely N-dealkylation sites (N-methyl/N-ethyl adjacent to an activating group) is 1. The lowest BCUT2D eigenvalue weighted by molar-refractivity contribution is -0.0354. The molecule has 7 heteroatoms. The van der Waals surface area contributed by atoms with Crippen molar-refractivity contribution >= 4 is 10.0 Å². The molecule has 1 aromatic rings. The van der Waals surface area contributed by atoms with Gasteiger partial charge in [-0.05, 0) is 6.92 Å². The fourth-order valence-electron chi connectivity index (χ4n) is 1.87. The Kier molecular flexibility index (Phi) is 3.24. The predicted molar refractivity (Wildman–Crippen MR) is 62.1 cm³/mol. The lowest BCUT2D eigenvalue weighted by Gasteiger charge is -2.35. The van der Waals surface area contributed by atoms with Crippen LogP contribution in [0.15, 0.2) is 11.1 Å². The first-order valence-electron chi connectivity index (χ1n) is 5.56. The summed E-state index contributed by atoms with van der Waals surface area (Å²) in [5, 5.41) is 3.98. The monoisotopic (exact) mass is 259 g/mol. The topological polar surface area (TPSA) is 64.4 Å². The van der Waals surface area contributed by atoms with Crippen LogP contribution in [0.2, 0.25) is 0 Å². The quantitative estimate of drug-likeness (QED) is 0.771. The molecule has 2 rings (SSSR count). The van der Waals surface area contributed by atoms with Gasteiger partial charge in [0.2, 0.25) is 10.0 Å². The van der Waals surface area contributed by atoms with Crippen LogP contribution in [-0.2, 0) is 21.8 Å².